The molecule has 10 heteroatoms. The number of amides is 3. The van der Waals surface area contributed by atoms with Crippen LogP contribution in [-0.2, 0) is 16.1 Å². The van der Waals surface area contributed by atoms with E-state index >= 15 is 0 Å². The number of carboxylic acids is 1. The van der Waals surface area contributed by atoms with E-state index in [2.05, 4.69) is 25.3 Å². The van der Waals surface area contributed by atoms with Crippen molar-refractivity contribution >= 4 is 17.9 Å². The van der Waals surface area contributed by atoms with Gasteiger partial charge >= 0.3 is 12.0 Å². The van der Waals surface area contributed by atoms with Gasteiger partial charge in [-0.1, -0.05) is 5.16 Å². The molecule has 1 unspecified atom stereocenters. The predicted molar refractivity (Wildman–Crippen MR) is 59.6 cm³/mol. The molecule has 19 heavy (non-hydrogen) atoms. The first kappa shape index (κ1) is 14.4. The van der Waals surface area contributed by atoms with Gasteiger partial charge in [0.05, 0.1) is 13.0 Å². The number of urea groups is 1. The van der Waals surface area contributed by atoms with Gasteiger partial charge in [0.1, 0.15) is 6.04 Å². The molecule has 3 amide bonds. The van der Waals surface area contributed by atoms with E-state index in [1.54, 1.807) is 6.92 Å². The van der Waals surface area contributed by atoms with Crippen molar-refractivity contribution in [2.24, 2.45) is 5.73 Å². The minimum atomic E-state index is -1.38. The topological polar surface area (TPSA) is 160 Å². The van der Waals surface area contributed by atoms with Crippen LogP contribution in [0.25, 0.3) is 0 Å². The molecule has 0 bridgehead atoms. The third kappa shape index (κ3) is 5.02. The van der Waals surface area contributed by atoms with Crippen molar-refractivity contribution < 1.29 is 24.0 Å². The Bertz CT molecular complexity index is 485. The summed E-state index contributed by atoms with van der Waals surface area (Å²) in [5.74, 6) is -1.60. The molecule has 1 atom stereocenters. The van der Waals surface area contributed by atoms with E-state index in [1.165, 1.54) is 0 Å². The van der Waals surface area contributed by atoms with Gasteiger partial charge in [-0.3, -0.25) is 4.79 Å². The van der Waals surface area contributed by atoms with E-state index in [0.29, 0.717) is 5.89 Å². The molecular formula is C9H13N5O5. The summed E-state index contributed by atoms with van der Waals surface area (Å²) in [7, 11) is 0. The Morgan fingerprint density at radius 2 is 2.16 bits per heavy atom. The van der Waals surface area contributed by atoms with Crippen LogP contribution in [0.4, 0.5) is 4.79 Å². The van der Waals surface area contributed by atoms with Gasteiger partial charge in [0.2, 0.25) is 11.8 Å². The number of nitrogens with one attached hydrogen (secondary N) is 2. The smallest absolute Gasteiger partial charge is 0.326 e. The van der Waals surface area contributed by atoms with Gasteiger partial charge in [-0.15, -0.1) is 0 Å². The number of carbonyl (C=O) groups excluding carboxylic acids is 2. The fourth-order valence-electron chi connectivity index (χ4n) is 1.18. The van der Waals surface area contributed by atoms with E-state index < -0.39 is 30.4 Å². The summed E-state index contributed by atoms with van der Waals surface area (Å²) >= 11 is 0. The number of carbonyl (C=O) groups is 3. The lowest BCUT2D eigenvalue weighted by molar-refractivity contribution is -0.140. The first-order valence-corrected chi connectivity index (χ1v) is 5.23. The molecule has 1 rings (SSSR count). The van der Waals surface area contributed by atoms with E-state index in [4.69, 9.17) is 10.8 Å². The van der Waals surface area contributed by atoms with Gasteiger partial charge < -0.3 is 26.0 Å². The van der Waals surface area contributed by atoms with Crippen molar-refractivity contribution in [1.29, 1.82) is 0 Å². The number of aliphatic carboxylic acids is 1. The molecule has 1 aromatic heterocycles. The number of hydrogen-bond acceptors (Lipinski definition) is 6. The summed E-state index contributed by atoms with van der Waals surface area (Å²) in [6.45, 7) is 1.55. The Morgan fingerprint density at radius 1 is 1.47 bits per heavy atom. The van der Waals surface area contributed by atoms with Crippen LogP contribution in [0, 0.1) is 6.92 Å². The molecule has 104 valence electrons. The average Bonchev–Trinajstić information content (AvgIpc) is 2.71. The highest BCUT2D eigenvalue weighted by Gasteiger charge is 2.22. The Balaban J connectivity index is 2.44. The summed E-state index contributed by atoms with van der Waals surface area (Å²) in [4.78, 5) is 36.6. The van der Waals surface area contributed by atoms with Gasteiger partial charge in [-0.2, -0.15) is 4.98 Å². The van der Waals surface area contributed by atoms with Crippen molar-refractivity contribution in [1.82, 2.24) is 20.8 Å². The summed E-state index contributed by atoms with van der Waals surface area (Å²) in [6, 6.07) is -2.17. The summed E-state index contributed by atoms with van der Waals surface area (Å²) < 4.78 is 4.68. The Labute approximate surface area is 107 Å². The second-order valence-corrected chi connectivity index (χ2v) is 3.62. The van der Waals surface area contributed by atoms with E-state index in [9.17, 15) is 14.4 Å². The van der Waals surface area contributed by atoms with E-state index in [0.717, 1.165) is 0 Å². The third-order valence-electron chi connectivity index (χ3n) is 1.99. The quantitative estimate of drug-likeness (QED) is 0.489. The Morgan fingerprint density at radius 3 is 2.63 bits per heavy atom. The molecule has 5 N–H and O–H groups in total. The van der Waals surface area contributed by atoms with Gasteiger partial charge in [0.15, 0.2) is 5.82 Å². The SMILES string of the molecule is Cc1nc(CNC(=O)NC(CC(N)=O)C(=O)O)no1. The number of aromatic nitrogens is 2. The molecule has 0 radical (unpaired) electrons. The molecule has 0 fully saturated rings. The average molecular weight is 271 g/mol. The first-order chi connectivity index (χ1) is 8.88. The molecule has 0 spiro atoms. The number of nitrogens with zero attached hydrogens (tertiary/aromatic N) is 2. The maximum atomic E-state index is 11.4. The molecule has 0 saturated carbocycles. The minimum Gasteiger partial charge on any atom is -0.480 e. The van der Waals surface area contributed by atoms with Crippen molar-refractivity contribution in [2.45, 2.75) is 25.9 Å². The van der Waals surface area contributed by atoms with Gasteiger partial charge in [-0.25, -0.2) is 9.59 Å². The highest BCUT2D eigenvalue weighted by Crippen LogP contribution is 1.95. The summed E-state index contributed by atoms with van der Waals surface area (Å²) in [5, 5.41) is 16.7. The minimum absolute atomic E-state index is 0.0356. The van der Waals surface area contributed by atoms with Gasteiger partial charge in [-0.05, 0) is 0 Å². The van der Waals surface area contributed by atoms with Crippen LogP contribution < -0.4 is 16.4 Å². The normalized spacial score (nSPS) is 11.6. The van der Waals surface area contributed by atoms with Crippen LogP contribution in [-0.4, -0.2) is 39.2 Å². The monoisotopic (exact) mass is 271 g/mol. The van der Waals surface area contributed by atoms with Crippen LogP contribution in [0.15, 0.2) is 4.52 Å². The molecule has 0 aliphatic rings. The number of rotatable bonds is 6. The van der Waals surface area contributed by atoms with Gasteiger partial charge in [0.25, 0.3) is 0 Å². The number of carboxylic acid groups (broad SMARTS) is 1. The van der Waals surface area contributed by atoms with Crippen molar-refractivity contribution in [2.75, 3.05) is 0 Å². The molecule has 0 aromatic carbocycles. The van der Waals surface area contributed by atoms with Crippen LogP contribution in [0.5, 0.6) is 0 Å². The largest absolute Gasteiger partial charge is 0.480 e. The first-order valence-electron chi connectivity index (χ1n) is 5.23. The maximum absolute atomic E-state index is 11.4. The molecule has 0 aliphatic carbocycles. The maximum Gasteiger partial charge on any atom is 0.326 e. The Hall–Kier alpha value is -2.65. The van der Waals surface area contributed by atoms with Gasteiger partial charge in [0, 0.05) is 6.92 Å². The zero-order valence-electron chi connectivity index (χ0n) is 10.0. The van der Waals surface area contributed by atoms with E-state index in [-0.39, 0.29) is 12.4 Å². The predicted octanol–water partition coefficient (Wildman–Crippen LogP) is -1.49. The molecule has 1 heterocycles. The molecule has 10 nitrogen and oxygen atoms in total. The van der Waals surface area contributed by atoms with Crippen LogP contribution in [0.3, 0.4) is 0 Å². The number of primary amides is 1. The van der Waals surface area contributed by atoms with Crippen LogP contribution in [0.1, 0.15) is 18.1 Å². The zero-order valence-corrected chi connectivity index (χ0v) is 10.0. The third-order valence-corrected chi connectivity index (χ3v) is 1.99. The zero-order chi connectivity index (χ0) is 14.4. The lowest BCUT2D eigenvalue weighted by Gasteiger charge is -2.12. The number of aryl methyl sites for hydroxylation is 1. The fourth-order valence-corrected chi connectivity index (χ4v) is 1.18. The number of nitrogens with two attached hydrogens (primary N) is 1. The summed E-state index contributed by atoms with van der Waals surface area (Å²) in [5.41, 5.74) is 4.87. The van der Waals surface area contributed by atoms with Crippen LogP contribution >= 0.6 is 0 Å². The molecule has 0 aliphatic heterocycles. The second kappa shape index (κ2) is 6.33. The van der Waals surface area contributed by atoms with Crippen LogP contribution in [0.2, 0.25) is 0 Å². The Kier molecular flexibility index (Phi) is 4.80. The molecular weight excluding hydrogens is 258 g/mol. The lowest BCUT2D eigenvalue weighted by Crippen LogP contribution is -2.47. The lowest BCUT2D eigenvalue weighted by atomic mass is 10.2. The van der Waals surface area contributed by atoms with Crippen molar-refractivity contribution in [3.05, 3.63) is 11.7 Å². The number of hydrogen-bond donors (Lipinski definition) is 4. The molecule has 1 aromatic rings. The highest BCUT2D eigenvalue weighted by atomic mass is 16.5. The second-order valence-electron chi connectivity index (χ2n) is 3.62. The molecule has 0 saturated heterocycles. The van der Waals surface area contributed by atoms with E-state index in [1.807, 2.05) is 0 Å². The van der Waals surface area contributed by atoms with Crippen molar-refractivity contribution in [3.63, 3.8) is 0 Å². The summed E-state index contributed by atoms with van der Waals surface area (Å²) in [6.07, 6.45) is -0.496. The van der Waals surface area contributed by atoms with Crippen molar-refractivity contribution in [3.8, 4) is 0 Å². The fraction of sp³-hybridized carbons (Fsp3) is 0.444. The standard InChI is InChI=1S/C9H13N5O5/c1-4-12-7(14-19-4)3-11-9(18)13-5(8(16)17)2-6(10)15/h5H,2-3H2,1H3,(H2,10,15)(H,16,17)(H2,11,13,18). The highest BCUT2D eigenvalue weighted by molar-refractivity contribution is 5.87.